The van der Waals surface area contributed by atoms with Crippen LogP contribution in [0.5, 0.6) is 5.75 Å². The van der Waals surface area contributed by atoms with Crippen molar-refractivity contribution in [1.82, 2.24) is 0 Å². The molecule has 6 heteroatoms. The molecule has 2 rings (SSSR count). The van der Waals surface area contributed by atoms with Crippen molar-refractivity contribution in [3.8, 4) is 17.6 Å². The predicted octanol–water partition coefficient (Wildman–Crippen LogP) is 0.631. The molecule has 4 N–H and O–H groups in total. The van der Waals surface area contributed by atoms with E-state index in [9.17, 15) is 15.3 Å². The highest BCUT2D eigenvalue weighted by Crippen LogP contribution is 2.32. The topological polar surface area (TPSA) is 99.4 Å². The van der Waals surface area contributed by atoms with Crippen molar-refractivity contribution >= 4 is 0 Å². The molecule has 4 atom stereocenters. The summed E-state index contributed by atoms with van der Waals surface area (Å²) in [6.45, 7) is 2.13. The molecule has 3 unspecified atom stereocenters. The van der Waals surface area contributed by atoms with Gasteiger partial charge in [0.15, 0.2) is 0 Å². The van der Waals surface area contributed by atoms with Crippen molar-refractivity contribution in [2.75, 3.05) is 20.3 Å². The van der Waals surface area contributed by atoms with Crippen molar-refractivity contribution in [1.29, 1.82) is 0 Å². The molecule has 0 radical (unpaired) electrons. The van der Waals surface area contributed by atoms with E-state index in [1.807, 2.05) is 6.92 Å². The van der Waals surface area contributed by atoms with Crippen LogP contribution in [0, 0.1) is 11.8 Å². The summed E-state index contributed by atoms with van der Waals surface area (Å²) >= 11 is 0. The molecule has 0 aromatic heterocycles. The Bertz CT molecular complexity index is 519. The molecule has 1 saturated heterocycles. The molecule has 0 saturated carbocycles. The van der Waals surface area contributed by atoms with Crippen LogP contribution in [0.4, 0.5) is 0 Å². The largest absolute Gasteiger partial charge is 0.481 e. The van der Waals surface area contributed by atoms with Crippen molar-refractivity contribution < 1.29 is 29.9 Å². The average molecular weight is 338 g/mol. The first kappa shape index (κ1) is 20.4. The van der Waals surface area contributed by atoms with Gasteiger partial charge in [-0.2, -0.15) is 0 Å². The quantitative estimate of drug-likeness (QED) is 0.601. The maximum Gasteiger partial charge on any atom is 0.149 e. The molecule has 0 aliphatic carbocycles. The highest BCUT2D eigenvalue weighted by Gasteiger charge is 2.37. The second kappa shape index (κ2) is 11.0. The normalized spacial score (nSPS) is 25.8. The third kappa shape index (κ3) is 5.78. The second-order valence-electron chi connectivity index (χ2n) is 5.22. The second-order valence-corrected chi connectivity index (χ2v) is 5.22. The number of ether oxygens (including phenoxy) is 2. The van der Waals surface area contributed by atoms with Crippen LogP contribution in [-0.4, -0.2) is 59.1 Å². The summed E-state index contributed by atoms with van der Waals surface area (Å²) < 4.78 is 11.1. The molecular formula is C18H26O6. The van der Waals surface area contributed by atoms with Crippen molar-refractivity contribution in [2.24, 2.45) is 0 Å². The van der Waals surface area contributed by atoms with E-state index in [-0.39, 0.29) is 13.0 Å². The van der Waals surface area contributed by atoms with Gasteiger partial charge in [-0.3, -0.25) is 0 Å². The Balaban J connectivity index is 0.00000139. The van der Waals surface area contributed by atoms with Crippen LogP contribution in [0.3, 0.4) is 0 Å². The number of aliphatic hydroxyl groups is 4. The molecule has 0 amide bonds. The van der Waals surface area contributed by atoms with Crippen molar-refractivity contribution in [3.05, 3.63) is 29.8 Å². The first-order valence-electron chi connectivity index (χ1n) is 7.91. The van der Waals surface area contributed by atoms with Crippen LogP contribution in [0.25, 0.3) is 0 Å². The van der Waals surface area contributed by atoms with Gasteiger partial charge < -0.3 is 29.9 Å². The number of hydrogen-bond donors (Lipinski definition) is 4. The monoisotopic (exact) mass is 338 g/mol. The Hall–Kier alpha value is -1.62. The van der Waals surface area contributed by atoms with E-state index in [1.165, 1.54) is 0 Å². The van der Waals surface area contributed by atoms with E-state index in [0.717, 1.165) is 19.1 Å². The summed E-state index contributed by atoms with van der Waals surface area (Å²) in [5.74, 6) is 6.49. The van der Waals surface area contributed by atoms with Crippen LogP contribution >= 0.6 is 0 Å². The molecule has 1 fully saturated rings. The highest BCUT2D eigenvalue weighted by atomic mass is 16.5. The van der Waals surface area contributed by atoms with Gasteiger partial charge in [0.1, 0.15) is 24.6 Å². The standard InChI is InChI=1S/C17H22O5.CH4O/c1-2-3-4-9-21-13-7-5-12(6-8-13)17-16(20)15(19)10-14(11-18)22-17;1-2/h5-8,14-20H,2,9-11H2,1H3;2H,1H3/t14?,15?,16?,17-;/m1./s1. The average Bonchev–Trinajstić information content (AvgIpc) is 2.63. The lowest BCUT2D eigenvalue weighted by Crippen LogP contribution is -2.44. The Labute approximate surface area is 142 Å². The number of hydrogen-bond acceptors (Lipinski definition) is 6. The van der Waals surface area contributed by atoms with Gasteiger partial charge in [0.2, 0.25) is 0 Å². The van der Waals surface area contributed by atoms with Crippen molar-refractivity contribution in [2.45, 2.75) is 44.2 Å². The Morgan fingerprint density at radius 3 is 2.42 bits per heavy atom. The van der Waals surface area contributed by atoms with E-state index < -0.39 is 24.4 Å². The lowest BCUT2D eigenvalue weighted by Gasteiger charge is -2.36. The third-order valence-electron chi connectivity index (χ3n) is 3.57. The van der Waals surface area contributed by atoms with Crippen LogP contribution in [0.1, 0.15) is 31.4 Å². The molecule has 0 bridgehead atoms. The van der Waals surface area contributed by atoms with Gasteiger partial charge in [0, 0.05) is 20.0 Å². The summed E-state index contributed by atoms with van der Waals surface area (Å²) in [7, 11) is 1.00. The molecule has 6 nitrogen and oxygen atoms in total. The van der Waals surface area contributed by atoms with Gasteiger partial charge >= 0.3 is 0 Å². The van der Waals surface area contributed by atoms with Crippen LogP contribution in [-0.2, 0) is 4.74 Å². The number of rotatable bonds is 4. The molecule has 0 spiro atoms. The van der Waals surface area contributed by atoms with E-state index in [1.54, 1.807) is 24.3 Å². The van der Waals surface area contributed by atoms with Gasteiger partial charge in [-0.25, -0.2) is 0 Å². The fraction of sp³-hybridized carbons (Fsp3) is 0.556. The first-order chi connectivity index (χ1) is 11.7. The maximum atomic E-state index is 10.1. The molecule has 1 aliphatic heterocycles. The summed E-state index contributed by atoms with van der Waals surface area (Å²) in [6.07, 6.45) is -2.02. The Morgan fingerprint density at radius 1 is 1.17 bits per heavy atom. The van der Waals surface area contributed by atoms with Crippen LogP contribution in [0.2, 0.25) is 0 Å². The number of benzene rings is 1. The first-order valence-corrected chi connectivity index (χ1v) is 7.91. The minimum Gasteiger partial charge on any atom is -0.481 e. The summed E-state index contributed by atoms with van der Waals surface area (Å²) in [6, 6.07) is 7.11. The molecule has 134 valence electrons. The Morgan fingerprint density at radius 2 is 1.83 bits per heavy atom. The molecule has 1 aromatic rings. The van der Waals surface area contributed by atoms with E-state index in [2.05, 4.69) is 11.8 Å². The molecular weight excluding hydrogens is 312 g/mol. The zero-order chi connectivity index (χ0) is 17.9. The molecule has 24 heavy (non-hydrogen) atoms. The van der Waals surface area contributed by atoms with Gasteiger partial charge in [0.05, 0.1) is 18.8 Å². The summed E-state index contributed by atoms with van der Waals surface area (Å²) in [4.78, 5) is 0. The third-order valence-corrected chi connectivity index (χ3v) is 3.57. The fourth-order valence-electron chi connectivity index (χ4n) is 2.40. The minimum atomic E-state index is -1.01. The highest BCUT2D eigenvalue weighted by molar-refractivity contribution is 5.30. The zero-order valence-electron chi connectivity index (χ0n) is 14.1. The van der Waals surface area contributed by atoms with Crippen LogP contribution < -0.4 is 4.74 Å². The number of aliphatic hydroxyl groups excluding tert-OH is 4. The van der Waals surface area contributed by atoms with Gasteiger partial charge in [-0.1, -0.05) is 25.0 Å². The SMILES string of the molecule is CCC#CCOc1ccc([C@H]2OC(CO)CC(O)C2O)cc1.CO. The summed E-state index contributed by atoms with van der Waals surface area (Å²) in [5, 5.41) is 36.1. The van der Waals surface area contributed by atoms with E-state index >= 15 is 0 Å². The Kier molecular flexibility index (Phi) is 9.38. The minimum absolute atomic E-state index is 0.183. The van der Waals surface area contributed by atoms with Gasteiger partial charge in [-0.05, 0) is 17.7 Å². The van der Waals surface area contributed by atoms with Crippen LogP contribution in [0.15, 0.2) is 24.3 Å². The van der Waals surface area contributed by atoms with Crippen molar-refractivity contribution in [3.63, 3.8) is 0 Å². The molecule has 1 aromatic carbocycles. The van der Waals surface area contributed by atoms with Gasteiger partial charge in [0.25, 0.3) is 0 Å². The smallest absolute Gasteiger partial charge is 0.149 e. The molecule has 1 heterocycles. The predicted molar refractivity (Wildman–Crippen MR) is 89.5 cm³/mol. The van der Waals surface area contributed by atoms with E-state index in [4.69, 9.17) is 14.6 Å². The maximum absolute atomic E-state index is 10.1. The lowest BCUT2D eigenvalue weighted by molar-refractivity contribution is -0.179. The lowest BCUT2D eigenvalue weighted by atomic mass is 9.93. The van der Waals surface area contributed by atoms with E-state index in [0.29, 0.717) is 12.4 Å². The zero-order valence-corrected chi connectivity index (χ0v) is 14.1. The van der Waals surface area contributed by atoms with Gasteiger partial charge in [-0.15, -0.1) is 5.92 Å². The molecule has 1 aliphatic rings. The summed E-state index contributed by atoms with van der Waals surface area (Å²) in [5.41, 5.74) is 0.733. The fourth-order valence-corrected chi connectivity index (χ4v) is 2.40.